The summed E-state index contributed by atoms with van der Waals surface area (Å²) in [4.78, 5) is 20.3. The third-order valence-corrected chi connectivity index (χ3v) is 10.6. The van der Waals surface area contributed by atoms with E-state index >= 15 is 4.39 Å². The van der Waals surface area contributed by atoms with Gasteiger partial charge in [0.05, 0.1) is 28.7 Å². The van der Waals surface area contributed by atoms with Crippen LogP contribution in [0.5, 0.6) is 0 Å². The maximum atomic E-state index is 16.8. The Labute approximate surface area is 253 Å². The molecule has 5 fully saturated rings. The second-order valence-corrected chi connectivity index (χ2v) is 13.1. The lowest BCUT2D eigenvalue weighted by atomic mass is 9.79. The average Bonchev–Trinajstić information content (AvgIpc) is 3.34. The lowest BCUT2D eigenvalue weighted by Crippen LogP contribution is -2.41. The lowest BCUT2D eigenvalue weighted by Gasteiger charge is -2.39. The Morgan fingerprint density at radius 2 is 2.05 bits per heavy atom. The number of aromatic nitrogens is 2. The number of amides is 1. The maximum Gasteiger partial charge on any atom is 0.226 e. The Hall–Kier alpha value is -3.54. The van der Waals surface area contributed by atoms with Gasteiger partial charge in [0.1, 0.15) is 11.3 Å². The first kappa shape index (κ1) is 27.0. The van der Waals surface area contributed by atoms with Gasteiger partial charge in [-0.25, -0.2) is 13.8 Å². The predicted octanol–water partition coefficient (Wildman–Crippen LogP) is 7.16. The highest BCUT2D eigenvalue weighted by Crippen LogP contribution is 2.51. The van der Waals surface area contributed by atoms with Gasteiger partial charge in [0, 0.05) is 64.8 Å². The number of halogens is 3. The number of rotatable bonds is 6. The molecule has 3 aliphatic heterocycles. The summed E-state index contributed by atoms with van der Waals surface area (Å²) in [7, 11) is 0. The number of hydrogen-bond donors (Lipinski definition) is 1. The van der Waals surface area contributed by atoms with Crippen LogP contribution in [-0.4, -0.2) is 39.5 Å². The minimum absolute atomic E-state index is 0.0248. The van der Waals surface area contributed by atoms with E-state index in [0.29, 0.717) is 28.6 Å². The fourth-order valence-corrected chi connectivity index (χ4v) is 8.22. The molecule has 0 spiro atoms. The summed E-state index contributed by atoms with van der Waals surface area (Å²) in [5.74, 6) is -0.314. The van der Waals surface area contributed by atoms with Crippen LogP contribution < -0.4 is 5.32 Å². The molecule has 2 aromatic heterocycles. The van der Waals surface area contributed by atoms with E-state index in [2.05, 4.69) is 26.9 Å². The van der Waals surface area contributed by atoms with Crippen molar-refractivity contribution in [3.63, 3.8) is 0 Å². The summed E-state index contributed by atoms with van der Waals surface area (Å²) in [6.07, 6.45) is 5.37. The van der Waals surface area contributed by atoms with E-state index in [1.165, 1.54) is 12.1 Å². The number of carbonyl (C=O) groups excluding carboxylic acids is 1. The highest BCUT2D eigenvalue weighted by atomic mass is 35.5. The minimum atomic E-state index is -0.627. The third kappa shape index (κ3) is 4.04. The number of pyridine rings is 1. The van der Waals surface area contributed by atoms with Crippen LogP contribution in [0.3, 0.4) is 0 Å². The van der Waals surface area contributed by atoms with Crippen LogP contribution in [0.15, 0.2) is 30.3 Å². The molecule has 9 rings (SSSR count). The molecule has 4 aromatic rings. The van der Waals surface area contributed by atoms with Gasteiger partial charge in [-0.1, -0.05) is 23.7 Å². The third-order valence-electron chi connectivity index (χ3n) is 10.2. The van der Waals surface area contributed by atoms with Gasteiger partial charge in [0.15, 0.2) is 5.82 Å². The monoisotopic (exact) mass is 599 g/mol. The Balaban J connectivity index is 1.41. The van der Waals surface area contributed by atoms with E-state index < -0.39 is 11.6 Å². The SMILES string of the molecule is Cc1nc2c(F)c(-c3cccc(F)c3Cl)c(CCC#N)cc2c2c1cc([C@H]1CCCN1C(=O)C1CC1)n2[C@H]1[C@H]2CN[C@@H]1C2. The van der Waals surface area contributed by atoms with Crippen molar-refractivity contribution < 1.29 is 13.6 Å². The van der Waals surface area contributed by atoms with Gasteiger partial charge in [-0.2, -0.15) is 5.26 Å². The zero-order chi connectivity index (χ0) is 29.6. The van der Waals surface area contributed by atoms with E-state index in [9.17, 15) is 14.4 Å². The van der Waals surface area contributed by atoms with Gasteiger partial charge in [0.25, 0.3) is 0 Å². The number of aryl methyl sites for hydroxylation is 2. The number of fused-ring (bicyclic) bond motifs is 4. The molecule has 2 aromatic carbocycles. The standard InChI is InChI=1S/C34H32ClF2N5O/c1-17-22-15-27(26-8-4-12-41(26)34(43)18-9-10-18)42(32-20-14-25(32)39-16-20)33(22)23-13-19(5-3-11-38)28(30(37)31(23)40-17)21-6-2-7-24(36)29(21)35/h2,6-7,13,15,18,20,25-26,32,39H,3-5,8-10,12,14,16H2,1H3/t20-,25-,26-,32+/m1/s1. The van der Waals surface area contributed by atoms with Crippen molar-refractivity contribution in [3.05, 3.63) is 63.9 Å². The van der Waals surface area contributed by atoms with Crippen LogP contribution in [0, 0.1) is 41.7 Å². The molecule has 0 unspecified atom stereocenters. The number of nitriles is 1. The van der Waals surface area contributed by atoms with Crippen LogP contribution >= 0.6 is 11.6 Å². The number of nitrogens with zero attached hydrogens (tertiary/aromatic N) is 4. The maximum absolute atomic E-state index is 16.8. The molecule has 2 bridgehead atoms. The number of hydrogen-bond acceptors (Lipinski definition) is 4. The van der Waals surface area contributed by atoms with E-state index in [4.69, 9.17) is 16.6 Å². The van der Waals surface area contributed by atoms with E-state index in [0.717, 1.165) is 61.8 Å². The molecule has 1 amide bonds. The lowest BCUT2D eigenvalue weighted by molar-refractivity contribution is -0.133. The normalized spacial score (nSPS) is 24.6. The molecule has 2 aliphatic carbocycles. The van der Waals surface area contributed by atoms with E-state index in [1.54, 1.807) is 6.07 Å². The molecule has 0 radical (unpaired) electrons. The fraction of sp³-hybridized carbons (Fsp3) is 0.441. The number of carbonyl (C=O) groups is 1. The molecule has 5 heterocycles. The highest BCUT2D eigenvalue weighted by Gasteiger charge is 2.50. The van der Waals surface area contributed by atoms with Crippen molar-refractivity contribution in [3.8, 4) is 17.2 Å². The van der Waals surface area contributed by atoms with E-state index in [-0.39, 0.29) is 58.4 Å². The van der Waals surface area contributed by atoms with Crippen molar-refractivity contribution in [2.75, 3.05) is 13.1 Å². The molecule has 4 atom stereocenters. The highest BCUT2D eigenvalue weighted by molar-refractivity contribution is 6.33. The van der Waals surface area contributed by atoms with Crippen molar-refractivity contribution >= 4 is 39.3 Å². The average molecular weight is 600 g/mol. The van der Waals surface area contributed by atoms with Crippen LogP contribution in [0.25, 0.3) is 32.9 Å². The zero-order valence-electron chi connectivity index (χ0n) is 24.0. The Morgan fingerprint density at radius 1 is 1.21 bits per heavy atom. The smallest absolute Gasteiger partial charge is 0.226 e. The largest absolute Gasteiger partial charge is 0.337 e. The first-order chi connectivity index (χ1) is 20.9. The molecule has 5 aliphatic rings. The first-order valence-electron chi connectivity index (χ1n) is 15.4. The second-order valence-electron chi connectivity index (χ2n) is 12.7. The second kappa shape index (κ2) is 10.0. The molecule has 220 valence electrons. The molecule has 43 heavy (non-hydrogen) atoms. The fourth-order valence-electron chi connectivity index (χ4n) is 8.00. The summed E-state index contributed by atoms with van der Waals surface area (Å²) in [5.41, 5.74) is 4.01. The summed E-state index contributed by atoms with van der Waals surface area (Å²) in [6, 6.07) is 11.2. The molecular weight excluding hydrogens is 568 g/mol. The molecular formula is C34H32ClF2N5O. The Morgan fingerprint density at radius 3 is 2.77 bits per heavy atom. The quantitative estimate of drug-likeness (QED) is 0.255. The Kier molecular flexibility index (Phi) is 6.29. The van der Waals surface area contributed by atoms with Crippen LogP contribution in [-0.2, 0) is 11.2 Å². The van der Waals surface area contributed by atoms with Crippen LogP contribution in [0.1, 0.15) is 67.6 Å². The molecule has 3 saturated heterocycles. The van der Waals surface area contributed by atoms with Gasteiger partial charge in [-0.3, -0.25) is 4.79 Å². The summed E-state index contributed by atoms with van der Waals surface area (Å²) in [6.45, 7) is 3.61. The summed E-state index contributed by atoms with van der Waals surface area (Å²) < 4.78 is 33.8. The molecule has 1 N–H and O–H groups in total. The Bertz CT molecular complexity index is 1860. The van der Waals surface area contributed by atoms with Crippen molar-refractivity contribution in [1.82, 2.24) is 19.8 Å². The van der Waals surface area contributed by atoms with Gasteiger partial charge in [0.2, 0.25) is 5.91 Å². The topological polar surface area (TPSA) is 74.0 Å². The van der Waals surface area contributed by atoms with Gasteiger partial charge >= 0.3 is 0 Å². The molecule has 2 saturated carbocycles. The summed E-state index contributed by atoms with van der Waals surface area (Å²) >= 11 is 6.39. The van der Waals surface area contributed by atoms with E-state index in [1.807, 2.05) is 13.0 Å². The van der Waals surface area contributed by atoms with Crippen LogP contribution in [0.4, 0.5) is 8.78 Å². The van der Waals surface area contributed by atoms with Gasteiger partial charge < -0.3 is 14.8 Å². The molecule has 6 nitrogen and oxygen atoms in total. The number of likely N-dealkylation sites (tertiary alicyclic amines) is 1. The zero-order valence-corrected chi connectivity index (χ0v) is 24.7. The van der Waals surface area contributed by atoms with Gasteiger partial charge in [-0.05, 0) is 75.1 Å². The van der Waals surface area contributed by atoms with Gasteiger partial charge in [-0.15, -0.1) is 0 Å². The van der Waals surface area contributed by atoms with Crippen molar-refractivity contribution in [2.24, 2.45) is 11.8 Å². The first-order valence-corrected chi connectivity index (χ1v) is 15.8. The van der Waals surface area contributed by atoms with Crippen molar-refractivity contribution in [2.45, 2.75) is 70.0 Å². The predicted molar refractivity (Wildman–Crippen MR) is 162 cm³/mol. The molecule has 9 heteroatoms. The minimum Gasteiger partial charge on any atom is -0.337 e. The number of benzene rings is 2. The van der Waals surface area contributed by atoms with Crippen molar-refractivity contribution in [1.29, 1.82) is 5.26 Å². The number of nitrogens with one attached hydrogen (secondary N) is 1. The van der Waals surface area contributed by atoms with Crippen LogP contribution in [0.2, 0.25) is 5.02 Å². The summed E-state index contributed by atoms with van der Waals surface area (Å²) in [5, 5.41) is 14.6.